The number of imidazole rings is 1. The molecule has 1 unspecified atom stereocenters. The molecule has 0 saturated heterocycles. The summed E-state index contributed by atoms with van der Waals surface area (Å²) in [4.78, 5) is 35.6. The average Bonchev–Trinajstić information content (AvgIpc) is 3.12. The highest BCUT2D eigenvalue weighted by Crippen LogP contribution is 2.36. The van der Waals surface area contributed by atoms with Gasteiger partial charge >= 0.3 is 5.97 Å². The second-order valence-corrected chi connectivity index (χ2v) is 5.23. The summed E-state index contributed by atoms with van der Waals surface area (Å²) in [5.74, 6) is -1.22. The molecule has 2 N–H and O–H groups in total. The number of nitrogens with zero attached hydrogens (tertiary/aromatic N) is 2. The van der Waals surface area contributed by atoms with Gasteiger partial charge < -0.3 is 15.0 Å². The molecule has 0 radical (unpaired) electrons. The Bertz CT molecular complexity index is 933. The molecular weight excluding hydrogens is 296 g/mol. The minimum atomic E-state index is -0.940. The van der Waals surface area contributed by atoms with Gasteiger partial charge in [-0.25, -0.2) is 4.98 Å². The van der Waals surface area contributed by atoms with Crippen molar-refractivity contribution in [1.82, 2.24) is 15.0 Å². The van der Waals surface area contributed by atoms with Crippen LogP contribution in [-0.4, -0.2) is 33.9 Å². The Labute approximate surface area is 130 Å². The molecule has 3 heterocycles. The van der Waals surface area contributed by atoms with Crippen molar-refractivity contribution in [1.29, 1.82) is 0 Å². The van der Waals surface area contributed by atoms with Crippen LogP contribution in [0.2, 0.25) is 0 Å². The van der Waals surface area contributed by atoms with E-state index in [1.807, 2.05) is 12.1 Å². The number of nitrogens with one attached hydrogen (secondary N) is 2. The van der Waals surface area contributed by atoms with Crippen LogP contribution in [0.3, 0.4) is 0 Å². The number of methoxy groups -OCH3 is 1. The number of pyridine rings is 1. The van der Waals surface area contributed by atoms with Crippen molar-refractivity contribution in [2.24, 2.45) is 0 Å². The number of carbonyl (C=O) groups excluding carboxylic acids is 2. The number of aromatic amines is 1. The first-order chi connectivity index (χ1) is 11.2. The maximum atomic E-state index is 12.0. The first-order valence-corrected chi connectivity index (χ1v) is 7.00. The van der Waals surface area contributed by atoms with E-state index in [4.69, 9.17) is 4.74 Å². The molecule has 2 aromatic heterocycles. The van der Waals surface area contributed by atoms with Gasteiger partial charge in [-0.2, -0.15) is 0 Å². The Morgan fingerprint density at radius 1 is 1.35 bits per heavy atom. The van der Waals surface area contributed by atoms with Crippen LogP contribution in [0, 0.1) is 0 Å². The first-order valence-electron chi connectivity index (χ1n) is 7.00. The second-order valence-electron chi connectivity index (χ2n) is 5.23. The van der Waals surface area contributed by atoms with Crippen LogP contribution in [0.5, 0.6) is 0 Å². The van der Waals surface area contributed by atoms with Crippen LogP contribution < -0.4 is 5.32 Å². The van der Waals surface area contributed by atoms with E-state index in [1.165, 1.54) is 7.11 Å². The molecule has 1 atom stereocenters. The standard InChI is InChI=1S/C16H12N4O3/c1-23-16(22)13-9-5-11-12(6-10(9)20-15(13)21)19-14(18-11)8-3-2-4-17-7-8/h2-7,13H,1H3,(H,18,19)(H,20,21). The molecule has 0 bridgehead atoms. The first kappa shape index (κ1) is 13.4. The maximum absolute atomic E-state index is 12.0. The van der Waals surface area contributed by atoms with E-state index in [9.17, 15) is 9.59 Å². The number of carbonyl (C=O) groups is 2. The fourth-order valence-corrected chi connectivity index (χ4v) is 2.76. The zero-order valence-electron chi connectivity index (χ0n) is 12.2. The fraction of sp³-hybridized carbons (Fsp3) is 0.125. The number of hydrogen-bond donors (Lipinski definition) is 2. The molecular formula is C16H12N4O3. The van der Waals surface area contributed by atoms with Crippen LogP contribution in [0.1, 0.15) is 11.5 Å². The molecule has 0 fully saturated rings. The number of esters is 1. The predicted octanol–water partition coefficient (Wildman–Crippen LogP) is 1.83. The fourth-order valence-electron chi connectivity index (χ4n) is 2.76. The lowest BCUT2D eigenvalue weighted by molar-refractivity contribution is -0.144. The summed E-state index contributed by atoms with van der Waals surface area (Å²) < 4.78 is 4.71. The lowest BCUT2D eigenvalue weighted by atomic mass is 10.0. The molecule has 1 aromatic carbocycles. The number of hydrogen-bond acceptors (Lipinski definition) is 5. The number of amides is 1. The molecule has 0 saturated carbocycles. The Hall–Kier alpha value is -3.22. The SMILES string of the molecule is COC(=O)C1C(=O)Nc2cc3nc(-c4cccnc4)[nH]c3cc21. The summed E-state index contributed by atoms with van der Waals surface area (Å²) in [6, 6.07) is 7.24. The van der Waals surface area contributed by atoms with E-state index >= 15 is 0 Å². The molecule has 3 aromatic rings. The van der Waals surface area contributed by atoms with Gasteiger partial charge in [0.05, 0.1) is 18.1 Å². The third-order valence-electron chi connectivity index (χ3n) is 3.86. The average molecular weight is 308 g/mol. The monoisotopic (exact) mass is 308 g/mol. The summed E-state index contributed by atoms with van der Waals surface area (Å²) in [6.45, 7) is 0. The van der Waals surface area contributed by atoms with Gasteiger partial charge in [-0.15, -0.1) is 0 Å². The van der Waals surface area contributed by atoms with E-state index in [0.717, 1.165) is 11.1 Å². The van der Waals surface area contributed by atoms with Gasteiger partial charge in [-0.1, -0.05) is 0 Å². The molecule has 1 amide bonds. The van der Waals surface area contributed by atoms with E-state index in [1.54, 1.807) is 24.5 Å². The normalized spacial score (nSPS) is 16.2. The van der Waals surface area contributed by atoms with Gasteiger partial charge in [-0.3, -0.25) is 14.6 Å². The van der Waals surface area contributed by atoms with E-state index in [0.29, 0.717) is 22.6 Å². The number of anilines is 1. The molecule has 23 heavy (non-hydrogen) atoms. The molecule has 0 spiro atoms. The van der Waals surface area contributed by atoms with Gasteiger partial charge in [0.1, 0.15) is 5.82 Å². The molecule has 7 heteroatoms. The van der Waals surface area contributed by atoms with E-state index in [2.05, 4.69) is 20.3 Å². The summed E-state index contributed by atoms with van der Waals surface area (Å²) in [5.41, 5.74) is 3.48. The summed E-state index contributed by atoms with van der Waals surface area (Å²) >= 11 is 0. The zero-order chi connectivity index (χ0) is 16.0. The third kappa shape index (κ3) is 2.05. The smallest absolute Gasteiger partial charge is 0.322 e. The zero-order valence-corrected chi connectivity index (χ0v) is 12.2. The highest BCUT2D eigenvalue weighted by atomic mass is 16.5. The van der Waals surface area contributed by atoms with Crippen LogP contribution in [0.15, 0.2) is 36.7 Å². The maximum Gasteiger partial charge on any atom is 0.322 e. The Morgan fingerprint density at radius 2 is 2.22 bits per heavy atom. The predicted molar refractivity (Wildman–Crippen MR) is 82.7 cm³/mol. The van der Waals surface area contributed by atoms with Crippen molar-refractivity contribution in [3.05, 3.63) is 42.2 Å². The van der Waals surface area contributed by atoms with Crippen molar-refractivity contribution in [2.45, 2.75) is 5.92 Å². The van der Waals surface area contributed by atoms with Crippen molar-refractivity contribution < 1.29 is 14.3 Å². The van der Waals surface area contributed by atoms with Crippen LogP contribution in [0.4, 0.5) is 5.69 Å². The lowest BCUT2D eigenvalue weighted by Gasteiger charge is -2.05. The van der Waals surface area contributed by atoms with Crippen LogP contribution in [-0.2, 0) is 14.3 Å². The molecule has 7 nitrogen and oxygen atoms in total. The van der Waals surface area contributed by atoms with Crippen LogP contribution in [0.25, 0.3) is 22.4 Å². The number of rotatable bonds is 2. The summed E-state index contributed by atoms with van der Waals surface area (Å²) in [6.07, 6.45) is 3.40. The highest BCUT2D eigenvalue weighted by Gasteiger charge is 2.37. The van der Waals surface area contributed by atoms with Gasteiger partial charge in [0.2, 0.25) is 5.91 Å². The Morgan fingerprint density at radius 3 is 2.96 bits per heavy atom. The molecule has 1 aliphatic rings. The number of aromatic nitrogens is 3. The number of fused-ring (bicyclic) bond motifs is 2. The largest absolute Gasteiger partial charge is 0.468 e. The van der Waals surface area contributed by atoms with Crippen molar-refractivity contribution in [3.8, 4) is 11.4 Å². The number of benzene rings is 1. The molecule has 0 aliphatic carbocycles. The number of ether oxygens (including phenoxy) is 1. The van der Waals surface area contributed by atoms with Gasteiger partial charge in [0.15, 0.2) is 5.92 Å². The Balaban J connectivity index is 1.84. The third-order valence-corrected chi connectivity index (χ3v) is 3.86. The van der Waals surface area contributed by atoms with E-state index < -0.39 is 11.9 Å². The van der Waals surface area contributed by atoms with Crippen molar-refractivity contribution in [2.75, 3.05) is 12.4 Å². The number of H-pyrrole nitrogens is 1. The topological polar surface area (TPSA) is 97.0 Å². The Kier molecular flexibility index (Phi) is 2.87. The van der Waals surface area contributed by atoms with Crippen molar-refractivity contribution >= 4 is 28.6 Å². The summed E-state index contributed by atoms with van der Waals surface area (Å²) in [7, 11) is 1.27. The lowest BCUT2D eigenvalue weighted by Crippen LogP contribution is -2.21. The minimum Gasteiger partial charge on any atom is -0.468 e. The highest BCUT2D eigenvalue weighted by molar-refractivity contribution is 6.16. The molecule has 4 rings (SSSR count). The molecule has 114 valence electrons. The minimum absolute atomic E-state index is 0.382. The summed E-state index contributed by atoms with van der Waals surface area (Å²) in [5, 5.41) is 2.70. The second kappa shape index (κ2) is 4.91. The van der Waals surface area contributed by atoms with Crippen molar-refractivity contribution in [3.63, 3.8) is 0 Å². The van der Waals surface area contributed by atoms with Gasteiger partial charge in [0.25, 0.3) is 0 Å². The quantitative estimate of drug-likeness (QED) is 0.556. The van der Waals surface area contributed by atoms with Crippen LogP contribution >= 0.6 is 0 Å². The molecule has 1 aliphatic heterocycles. The van der Waals surface area contributed by atoms with Gasteiger partial charge in [0, 0.05) is 29.2 Å². The van der Waals surface area contributed by atoms with Gasteiger partial charge in [-0.05, 0) is 24.3 Å². The van der Waals surface area contributed by atoms with E-state index in [-0.39, 0.29) is 5.91 Å².